The van der Waals surface area contributed by atoms with E-state index in [0.29, 0.717) is 13.1 Å². The first-order valence-corrected chi connectivity index (χ1v) is 6.27. The average Bonchev–Trinajstić information content (AvgIpc) is 2.24. The van der Waals surface area contributed by atoms with E-state index in [1.165, 1.54) is 0 Å². The summed E-state index contributed by atoms with van der Waals surface area (Å²) in [6, 6.07) is -0.0692. The van der Waals surface area contributed by atoms with Crippen LogP contribution in [0.4, 0.5) is 13.6 Å². The first-order chi connectivity index (χ1) is 8.28. The number of nitrogens with one attached hydrogen (secondary N) is 1. The van der Waals surface area contributed by atoms with Crippen molar-refractivity contribution in [2.75, 3.05) is 19.6 Å². The van der Waals surface area contributed by atoms with Gasteiger partial charge in [0.05, 0.1) is 6.54 Å². The Balaban J connectivity index is 2.40. The Labute approximate surface area is 107 Å². The summed E-state index contributed by atoms with van der Waals surface area (Å²) in [7, 11) is 0. The molecule has 1 aliphatic rings. The molecule has 1 amide bonds. The quantitative estimate of drug-likeness (QED) is 0.850. The molecule has 1 saturated heterocycles. The van der Waals surface area contributed by atoms with Crippen LogP contribution in [-0.4, -0.2) is 48.7 Å². The molecule has 0 aliphatic carbocycles. The molecule has 1 aliphatic heterocycles. The molecule has 0 saturated carbocycles. The van der Waals surface area contributed by atoms with E-state index >= 15 is 0 Å². The molecule has 0 radical (unpaired) electrons. The number of amides is 1. The molecule has 1 fully saturated rings. The van der Waals surface area contributed by atoms with Crippen molar-refractivity contribution >= 4 is 6.09 Å². The minimum Gasteiger partial charge on any atom is -0.444 e. The number of hydrogen-bond donors (Lipinski definition) is 1. The van der Waals surface area contributed by atoms with E-state index in [1.807, 2.05) is 0 Å². The molecule has 1 rings (SSSR count). The van der Waals surface area contributed by atoms with Gasteiger partial charge in [0, 0.05) is 19.1 Å². The minimum absolute atomic E-state index is 0.0692. The summed E-state index contributed by atoms with van der Waals surface area (Å²) in [6.45, 7) is 6.15. The predicted molar refractivity (Wildman–Crippen MR) is 64.8 cm³/mol. The van der Waals surface area contributed by atoms with Gasteiger partial charge in [-0.05, 0) is 33.6 Å². The Morgan fingerprint density at radius 1 is 1.50 bits per heavy atom. The smallest absolute Gasteiger partial charge is 0.410 e. The highest BCUT2D eigenvalue weighted by atomic mass is 19.3. The maximum atomic E-state index is 12.1. The van der Waals surface area contributed by atoms with Crippen molar-refractivity contribution in [3.05, 3.63) is 0 Å². The average molecular weight is 264 g/mol. The van der Waals surface area contributed by atoms with E-state index in [2.05, 4.69) is 5.32 Å². The lowest BCUT2D eigenvalue weighted by atomic mass is 10.1. The minimum atomic E-state index is -2.36. The number of likely N-dealkylation sites (tertiary alicyclic amines) is 1. The van der Waals surface area contributed by atoms with Crippen molar-refractivity contribution in [2.45, 2.75) is 51.7 Å². The zero-order chi connectivity index (χ0) is 13.8. The number of piperidine rings is 1. The first-order valence-electron chi connectivity index (χ1n) is 6.27. The van der Waals surface area contributed by atoms with Crippen LogP contribution in [0.15, 0.2) is 0 Å². The van der Waals surface area contributed by atoms with Crippen LogP contribution in [-0.2, 0) is 4.74 Å². The lowest BCUT2D eigenvalue weighted by Gasteiger charge is -2.34. The van der Waals surface area contributed by atoms with Crippen LogP contribution >= 0.6 is 0 Å². The standard InChI is InChI=1S/C12H22F2N2O2/c1-12(2,3)18-11(17)16-6-4-5-9(8-16)15-7-10(13)14/h9-10,15H,4-8H2,1-3H3. The molecule has 0 aromatic heterocycles. The van der Waals surface area contributed by atoms with Gasteiger partial charge < -0.3 is 15.0 Å². The van der Waals surface area contributed by atoms with Gasteiger partial charge in [0.25, 0.3) is 6.43 Å². The van der Waals surface area contributed by atoms with E-state index in [4.69, 9.17) is 4.74 Å². The zero-order valence-corrected chi connectivity index (χ0v) is 11.2. The fourth-order valence-corrected chi connectivity index (χ4v) is 1.89. The molecule has 0 bridgehead atoms. The molecule has 4 nitrogen and oxygen atoms in total. The third-order valence-electron chi connectivity index (χ3n) is 2.63. The zero-order valence-electron chi connectivity index (χ0n) is 11.2. The number of carbonyl (C=O) groups is 1. The summed E-state index contributed by atoms with van der Waals surface area (Å²) in [5.41, 5.74) is -0.527. The molecule has 6 heteroatoms. The van der Waals surface area contributed by atoms with E-state index in [9.17, 15) is 13.6 Å². The van der Waals surface area contributed by atoms with Crippen molar-refractivity contribution in [1.82, 2.24) is 10.2 Å². The fraction of sp³-hybridized carbons (Fsp3) is 0.917. The van der Waals surface area contributed by atoms with Gasteiger partial charge in [0.1, 0.15) is 5.60 Å². The van der Waals surface area contributed by atoms with Gasteiger partial charge in [-0.3, -0.25) is 0 Å². The lowest BCUT2D eigenvalue weighted by molar-refractivity contribution is 0.0181. The Bertz CT molecular complexity index is 280. The third-order valence-corrected chi connectivity index (χ3v) is 2.63. The van der Waals surface area contributed by atoms with Gasteiger partial charge in [-0.25, -0.2) is 13.6 Å². The van der Waals surface area contributed by atoms with Gasteiger partial charge in [-0.1, -0.05) is 0 Å². The molecule has 106 valence electrons. The van der Waals surface area contributed by atoms with Crippen molar-refractivity contribution in [1.29, 1.82) is 0 Å². The van der Waals surface area contributed by atoms with Crippen LogP contribution < -0.4 is 5.32 Å². The summed E-state index contributed by atoms with van der Waals surface area (Å²) in [4.78, 5) is 13.4. The third kappa shape index (κ3) is 5.62. The Morgan fingerprint density at radius 2 is 2.17 bits per heavy atom. The Morgan fingerprint density at radius 3 is 2.72 bits per heavy atom. The molecule has 1 N–H and O–H groups in total. The summed E-state index contributed by atoms with van der Waals surface area (Å²) in [5, 5.41) is 2.77. The second-order valence-corrected chi connectivity index (χ2v) is 5.56. The molecular weight excluding hydrogens is 242 g/mol. The number of halogens is 2. The van der Waals surface area contributed by atoms with Crippen LogP contribution in [0.3, 0.4) is 0 Å². The molecule has 1 heterocycles. The second kappa shape index (κ2) is 6.31. The monoisotopic (exact) mass is 264 g/mol. The maximum absolute atomic E-state index is 12.1. The highest BCUT2D eigenvalue weighted by molar-refractivity contribution is 5.68. The Hall–Kier alpha value is -0.910. The molecule has 0 spiro atoms. The number of ether oxygens (including phenoxy) is 1. The Kier molecular flexibility index (Phi) is 5.31. The second-order valence-electron chi connectivity index (χ2n) is 5.56. The maximum Gasteiger partial charge on any atom is 0.410 e. The van der Waals surface area contributed by atoms with E-state index in [-0.39, 0.29) is 18.7 Å². The van der Waals surface area contributed by atoms with Gasteiger partial charge in [-0.2, -0.15) is 0 Å². The van der Waals surface area contributed by atoms with Gasteiger partial charge in [-0.15, -0.1) is 0 Å². The van der Waals surface area contributed by atoms with Crippen molar-refractivity contribution < 1.29 is 18.3 Å². The van der Waals surface area contributed by atoms with Crippen molar-refractivity contribution in [3.63, 3.8) is 0 Å². The van der Waals surface area contributed by atoms with Gasteiger partial charge in [0.2, 0.25) is 0 Å². The molecule has 0 aromatic rings. The fourth-order valence-electron chi connectivity index (χ4n) is 1.89. The van der Waals surface area contributed by atoms with E-state index in [1.54, 1.807) is 25.7 Å². The molecule has 1 unspecified atom stereocenters. The molecular formula is C12H22F2N2O2. The van der Waals surface area contributed by atoms with Crippen molar-refractivity contribution in [3.8, 4) is 0 Å². The van der Waals surface area contributed by atoms with Crippen LogP contribution in [0.2, 0.25) is 0 Å². The van der Waals surface area contributed by atoms with Gasteiger partial charge >= 0.3 is 6.09 Å². The predicted octanol–water partition coefficient (Wildman–Crippen LogP) is 2.24. The van der Waals surface area contributed by atoms with Gasteiger partial charge in [0.15, 0.2) is 0 Å². The highest BCUT2D eigenvalue weighted by Crippen LogP contribution is 2.15. The van der Waals surface area contributed by atoms with Crippen LogP contribution in [0.1, 0.15) is 33.6 Å². The SMILES string of the molecule is CC(C)(C)OC(=O)N1CCCC(NCC(F)F)C1. The molecule has 1 atom stereocenters. The summed E-state index contributed by atoms with van der Waals surface area (Å²) in [6.07, 6.45) is -1.11. The normalized spacial score (nSPS) is 21.2. The first kappa shape index (κ1) is 15.1. The van der Waals surface area contributed by atoms with E-state index < -0.39 is 12.0 Å². The largest absolute Gasteiger partial charge is 0.444 e. The number of carbonyl (C=O) groups excluding carboxylic acids is 1. The van der Waals surface area contributed by atoms with Crippen LogP contribution in [0.25, 0.3) is 0 Å². The lowest BCUT2D eigenvalue weighted by Crippen LogP contribution is -2.50. The number of rotatable bonds is 3. The van der Waals surface area contributed by atoms with E-state index in [0.717, 1.165) is 12.8 Å². The molecule has 0 aromatic carbocycles. The topological polar surface area (TPSA) is 41.6 Å². The van der Waals surface area contributed by atoms with Crippen LogP contribution in [0, 0.1) is 0 Å². The van der Waals surface area contributed by atoms with Crippen molar-refractivity contribution in [2.24, 2.45) is 0 Å². The van der Waals surface area contributed by atoms with Crippen LogP contribution in [0.5, 0.6) is 0 Å². The number of hydrogen-bond acceptors (Lipinski definition) is 3. The molecule has 18 heavy (non-hydrogen) atoms. The highest BCUT2D eigenvalue weighted by Gasteiger charge is 2.27. The number of alkyl halides is 2. The number of nitrogens with zero attached hydrogens (tertiary/aromatic N) is 1. The summed E-state index contributed by atoms with van der Waals surface area (Å²) >= 11 is 0. The summed E-state index contributed by atoms with van der Waals surface area (Å²) < 4.78 is 29.5. The summed E-state index contributed by atoms with van der Waals surface area (Å²) in [5.74, 6) is 0.